The first-order chi connectivity index (χ1) is 16.8. The maximum atomic E-state index is 13.1. The molecule has 0 bridgehead atoms. The molecule has 2 aliphatic rings. The van der Waals surface area contributed by atoms with Crippen LogP contribution in [0.5, 0.6) is 0 Å². The van der Waals surface area contributed by atoms with Crippen LogP contribution in [0.25, 0.3) is 10.9 Å². The van der Waals surface area contributed by atoms with Gasteiger partial charge in [0.15, 0.2) is 0 Å². The molecule has 0 aliphatic carbocycles. The average molecular weight is 504 g/mol. The van der Waals surface area contributed by atoms with Crippen LogP contribution in [0.2, 0.25) is 5.02 Å². The molecule has 0 N–H and O–H groups in total. The molecule has 3 heterocycles. The highest BCUT2D eigenvalue weighted by Gasteiger charge is 2.32. The van der Waals surface area contributed by atoms with Gasteiger partial charge < -0.3 is 9.80 Å². The zero-order valence-corrected chi connectivity index (χ0v) is 19.8. The van der Waals surface area contributed by atoms with E-state index in [4.69, 9.17) is 11.6 Å². The lowest BCUT2D eigenvalue weighted by Gasteiger charge is -2.36. The summed E-state index contributed by atoms with van der Waals surface area (Å²) in [5.74, 6) is 1.13. The monoisotopic (exact) mass is 503 g/mol. The predicted molar refractivity (Wildman–Crippen MR) is 129 cm³/mol. The molecule has 2 aromatic carbocycles. The van der Waals surface area contributed by atoms with E-state index in [0.717, 1.165) is 51.3 Å². The Balaban J connectivity index is 1.18. The summed E-state index contributed by atoms with van der Waals surface area (Å²) in [5.41, 5.74) is 0.242. The molecule has 184 valence electrons. The average Bonchev–Trinajstić information content (AvgIpc) is 3.31. The van der Waals surface area contributed by atoms with Crippen molar-refractivity contribution in [1.82, 2.24) is 19.8 Å². The van der Waals surface area contributed by atoms with E-state index in [0.29, 0.717) is 46.3 Å². The maximum Gasteiger partial charge on any atom is 0.416 e. The summed E-state index contributed by atoms with van der Waals surface area (Å²) in [5, 5.41) is 1.24. The molecule has 2 fully saturated rings. The van der Waals surface area contributed by atoms with E-state index in [2.05, 4.69) is 19.8 Å². The van der Waals surface area contributed by atoms with Gasteiger partial charge in [-0.3, -0.25) is 9.69 Å². The number of amides is 1. The zero-order chi connectivity index (χ0) is 24.6. The topological polar surface area (TPSA) is 52.6 Å². The quantitative estimate of drug-likeness (QED) is 0.521. The number of hydrogen-bond acceptors (Lipinski definition) is 5. The minimum atomic E-state index is -4.40. The van der Waals surface area contributed by atoms with Gasteiger partial charge in [-0.2, -0.15) is 13.2 Å². The fourth-order valence-electron chi connectivity index (χ4n) is 4.92. The van der Waals surface area contributed by atoms with Gasteiger partial charge in [-0.05, 0) is 54.8 Å². The summed E-state index contributed by atoms with van der Waals surface area (Å²) >= 11 is 5.92. The minimum absolute atomic E-state index is 0.0256. The van der Waals surface area contributed by atoms with Crippen molar-refractivity contribution >= 4 is 34.2 Å². The molecule has 3 aromatic rings. The van der Waals surface area contributed by atoms with Crippen LogP contribution in [-0.2, 0) is 6.18 Å². The number of carbonyl (C=O) groups is 1. The fourth-order valence-corrected chi connectivity index (χ4v) is 5.04. The normalized spacial score (nSPS) is 19.5. The van der Waals surface area contributed by atoms with Crippen LogP contribution >= 0.6 is 11.6 Å². The second-order valence-electron chi connectivity index (χ2n) is 9.13. The highest BCUT2D eigenvalue weighted by Crippen LogP contribution is 2.34. The van der Waals surface area contributed by atoms with Crippen LogP contribution in [-0.4, -0.2) is 71.5 Å². The van der Waals surface area contributed by atoms with Crippen LogP contribution < -0.4 is 4.90 Å². The smallest absolute Gasteiger partial charge is 0.356 e. The van der Waals surface area contributed by atoms with Crippen molar-refractivity contribution < 1.29 is 18.0 Å². The number of piperazine rings is 1. The van der Waals surface area contributed by atoms with Crippen LogP contribution in [0.4, 0.5) is 19.0 Å². The number of benzene rings is 2. The highest BCUT2D eigenvalue weighted by molar-refractivity contribution is 6.30. The van der Waals surface area contributed by atoms with Gasteiger partial charge in [-0.25, -0.2) is 9.97 Å². The van der Waals surface area contributed by atoms with Gasteiger partial charge in [-0.15, -0.1) is 0 Å². The van der Waals surface area contributed by atoms with Crippen LogP contribution in [0.1, 0.15) is 22.3 Å². The second-order valence-corrected chi connectivity index (χ2v) is 9.56. The maximum absolute atomic E-state index is 13.1. The SMILES string of the molecule is O=C(c1ccc(Cl)cc1)N1CCN(CC2CCN(c3ncnc4cc(C(F)(F)F)ccc34)C2)CC1. The second kappa shape index (κ2) is 9.62. The Morgan fingerprint density at radius 3 is 2.46 bits per heavy atom. The van der Waals surface area contributed by atoms with E-state index in [1.807, 2.05) is 4.90 Å². The minimum Gasteiger partial charge on any atom is -0.356 e. The summed E-state index contributed by atoms with van der Waals surface area (Å²) in [4.78, 5) is 27.6. The Bertz CT molecular complexity index is 1210. The third-order valence-electron chi connectivity index (χ3n) is 6.80. The first-order valence-corrected chi connectivity index (χ1v) is 12.0. The summed E-state index contributed by atoms with van der Waals surface area (Å²) in [7, 11) is 0. The van der Waals surface area contributed by atoms with Crippen LogP contribution in [0, 0.1) is 5.92 Å². The molecule has 0 spiro atoms. The molecule has 1 unspecified atom stereocenters. The molecule has 5 rings (SSSR count). The van der Waals surface area contributed by atoms with E-state index in [-0.39, 0.29) is 5.91 Å². The Hall–Kier alpha value is -2.91. The molecule has 10 heteroatoms. The van der Waals surface area contributed by atoms with Gasteiger partial charge >= 0.3 is 6.18 Å². The molecular formula is C25H25ClF3N5O. The van der Waals surface area contributed by atoms with Crippen molar-refractivity contribution in [3.8, 4) is 0 Å². The molecule has 0 radical (unpaired) electrons. The van der Waals surface area contributed by atoms with E-state index in [1.165, 1.54) is 12.4 Å². The van der Waals surface area contributed by atoms with Gasteiger partial charge in [0, 0.05) is 61.8 Å². The number of hydrogen-bond donors (Lipinski definition) is 0. The lowest BCUT2D eigenvalue weighted by Crippen LogP contribution is -2.50. The summed E-state index contributed by atoms with van der Waals surface area (Å²) in [6.07, 6.45) is -2.08. The first-order valence-electron chi connectivity index (χ1n) is 11.6. The number of fused-ring (bicyclic) bond motifs is 1. The van der Waals surface area contributed by atoms with E-state index in [1.54, 1.807) is 24.3 Å². The van der Waals surface area contributed by atoms with Crippen molar-refractivity contribution in [2.75, 3.05) is 50.7 Å². The van der Waals surface area contributed by atoms with Crippen molar-refractivity contribution in [3.63, 3.8) is 0 Å². The first kappa shape index (κ1) is 23.8. The highest BCUT2D eigenvalue weighted by atomic mass is 35.5. The fraction of sp³-hybridized carbons (Fsp3) is 0.400. The Kier molecular flexibility index (Phi) is 6.55. The van der Waals surface area contributed by atoms with Crippen LogP contribution in [0.15, 0.2) is 48.8 Å². The molecular weight excluding hydrogens is 479 g/mol. The van der Waals surface area contributed by atoms with Crippen molar-refractivity contribution in [3.05, 3.63) is 64.9 Å². The molecule has 0 saturated carbocycles. The number of nitrogens with zero attached hydrogens (tertiary/aromatic N) is 5. The molecule has 35 heavy (non-hydrogen) atoms. The molecule has 2 saturated heterocycles. The number of halogens is 4. The number of aromatic nitrogens is 2. The third-order valence-corrected chi connectivity index (χ3v) is 7.05. The third kappa shape index (κ3) is 5.21. The zero-order valence-electron chi connectivity index (χ0n) is 19.0. The van der Waals surface area contributed by atoms with Gasteiger partial charge in [-0.1, -0.05) is 11.6 Å². The Morgan fingerprint density at radius 2 is 1.74 bits per heavy atom. The lowest BCUT2D eigenvalue weighted by atomic mass is 10.1. The van der Waals surface area contributed by atoms with Crippen LogP contribution in [0.3, 0.4) is 0 Å². The largest absolute Gasteiger partial charge is 0.416 e. The Morgan fingerprint density at radius 1 is 1.00 bits per heavy atom. The van der Waals surface area contributed by atoms with E-state index < -0.39 is 11.7 Å². The molecule has 6 nitrogen and oxygen atoms in total. The summed E-state index contributed by atoms with van der Waals surface area (Å²) < 4.78 is 39.2. The summed E-state index contributed by atoms with van der Waals surface area (Å²) in [6, 6.07) is 10.6. The molecule has 1 amide bonds. The molecule has 1 atom stereocenters. The van der Waals surface area contributed by atoms with Gasteiger partial charge in [0.2, 0.25) is 0 Å². The van der Waals surface area contributed by atoms with Crippen molar-refractivity contribution in [2.45, 2.75) is 12.6 Å². The van der Waals surface area contributed by atoms with Crippen molar-refractivity contribution in [1.29, 1.82) is 0 Å². The van der Waals surface area contributed by atoms with Gasteiger partial charge in [0.25, 0.3) is 5.91 Å². The van der Waals surface area contributed by atoms with Crippen molar-refractivity contribution in [2.24, 2.45) is 5.92 Å². The standard InChI is InChI=1S/C25H25ClF3N5O/c26-20-4-1-18(2-5-20)24(35)33-11-9-32(10-12-33)14-17-7-8-34(15-17)23-21-6-3-19(25(27,28)29)13-22(21)30-16-31-23/h1-6,13,16-17H,7-12,14-15H2. The van der Waals surface area contributed by atoms with Gasteiger partial charge in [0.05, 0.1) is 11.1 Å². The summed E-state index contributed by atoms with van der Waals surface area (Å²) in [6.45, 7) is 5.48. The Labute approximate surface area is 206 Å². The van der Waals surface area contributed by atoms with E-state index in [9.17, 15) is 18.0 Å². The van der Waals surface area contributed by atoms with Gasteiger partial charge in [0.1, 0.15) is 12.1 Å². The van der Waals surface area contributed by atoms with E-state index >= 15 is 0 Å². The number of alkyl halides is 3. The predicted octanol–water partition coefficient (Wildman–Crippen LogP) is 4.59. The molecule has 1 aromatic heterocycles. The molecule has 2 aliphatic heterocycles. The number of carbonyl (C=O) groups excluding carboxylic acids is 1. The number of rotatable bonds is 4. The lowest BCUT2D eigenvalue weighted by molar-refractivity contribution is -0.137. The number of anilines is 1.